The molecule has 1 heterocycles. The molecule has 2 rings (SSSR count). The third-order valence-corrected chi connectivity index (χ3v) is 2.70. The first-order valence-corrected chi connectivity index (χ1v) is 5.68. The SMILES string of the molecule is Cc1c(OC(F)(F)F)cccc1C(=O)c1ccncc1. The van der Waals surface area contributed by atoms with E-state index in [0.717, 1.165) is 0 Å². The smallest absolute Gasteiger partial charge is 0.405 e. The third-order valence-electron chi connectivity index (χ3n) is 2.70. The quantitative estimate of drug-likeness (QED) is 0.808. The zero-order valence-electron chi connectivity index (χ0n) is 10.4. The van der Waals surface area contributed by atoms with Crippen LogP contribution in [0.15, 0.2) is 42.7 Å². The summed E-state index contributed by atoms with van der Waals surface area (Å²) in [5.41, 5.74) is 0.664. The number of carbonyl (C=O) groups is 1. The van der Waals surface area contributed by atoms with E-state index in [-0.39, 0.29) is 22.7 Å². The fourth-order valence-corrected chi connectivity index (χ4v) is 1.75. The Morgan fingerprint density at radius 1 is 1.15 bits per heavy atom. The Balaban J connectivity index is 2.39. The Kier molecular flexibility index (Phi) is 3.74. The number of benzene rings is 1. The minimum Gasteiger partial charge on any atom is -0.405 e. The van der Waals surface area contributed by atoms with Gasteiger partial charge in [0.25, 0.3) is 0 Å². The zero-order valence-corrected chi connectivity index (χ0v) is 10.4. The number of nitrogens with zero attached hydrogens (tertiary/aromatic N) is 1. The molecule has 0 saturated heterocycles. The van der Waals surface area contributed by atoms with Crippen LogP contribution in [0.2, 0.25) is 0 Å². The summed E-state index contributed by atoms with van der Waals surface area (Å²) in [5, 5.41) is 0. The number of carbonyl (C=O) groups excluding carboxylic acids is 1. The lowest BCUT2D eigenvalue weighted by Gasteiger charge is -2.13. The van der Waals surface area contributed by atoms with Crippen molar-refractivity contribution < 1.29 is 22.7 Å². The van der Waals surface area contributed by atoms with Gasteiger partial charge >= 0.3 is 6.36 Å². The van der Waals surface area contributed by atoms with Crippen molar-refractivity contribution in [2.75, 3.05) is 0 Å². The molecule has 0 unspecified atom stereocenters. The van der Waals surface area contributed by atoms with Crippen molar-refractivity contribution in [3.05, 3.63) is 59.4 Å². The minimum absolute atomic E-state index is 0.145. The van der Waals surface area contributed by atoms with Gasteiger partial charge in [-0.2, -0.15) is 0 Å². The summed E-state index contributed by atoms with van der Waals surface area (Å²) >= 11 is 0. The van der Waals surface area contributed by atoms with Gasteiger partial charge in [-0.15, -0.1) is 13.2 Å². The number of ether oxygens (including phenoxy) is 1. The van der Waals surface area contributed by atoms with Crippen LogP contribution in [0.4, 0.5) is 13.2 Å². The normalized spacial score (nSPS) is 11.2. The molecule has 2 aromatic rings. The van der Waals surface area contributed by atoms with Crippen LogP contribution in [0.1, 0.15) is 21.5 Å². The predicted molar refractivity (Wildman–Crippen MR) is 65.5 cm³/mol. The molecular formula is C14H10F3NO2. The highest BCUT2D eigenvalue weighted by molar-refractivity contribution is 6.10. The van der Waals surface area contributed by atoms with Crippen LogP contribution in [0.5, 0.6) is 5.75 Å². The highest BCUT2D eigenvalue weighted by Gasteiger charge is 2.32. The van der Waals surface area contributed by atoms with Crippen molar-refractivity contribution in [3.8, 4) is 5.75 Å². The van der Waals surface area contributed by atoms with Crippen LogP contribution >= 0.6 is 0 Å². The molecule has 20 heavy (non-hydrogen) atoms. The third kappa shape index (κ3) is 3.14. The molecule has 0 amide bonds. The Morgan fingerprint density at radius 2 is 1.80 bits per heavy atom. The van der Waals surface area contributed by atoms with E-state index in [1.165, 1.54) is 49.6 Å². The molecule has 1 aromatic carbocycles. The second-order valence-corrected chi connectivity index (χ2v) is 4.04. The highest BCUT2D eigenvalue weighted by Crippen LogP contribution is 2.28. The van der Waals surface area contributed by atoms with Gasteiger partial charge in [0, 0.05) is 29.1 Å². The van der Waals surface area contributed by atoms with E-state index in [0.29, 0.717) is 5.56 Å². The zero-order chi connectivity index (χ0) is 14.8. The number of halogens is 3. The molecule has 0 aliphatic heterocycles. The molecule has 0 fully saturated rings. The molecule has 0 atom stereocenters. The molecule has 6 heteroatoms. The number of hydrogen-bond acceptors (Lipinski definition) is 3. The van der Waals surface area contributed by atoms with Gasteiger partial charge in [-0.1, -0.05) is 12.1 Å². The Bertz CT molecular complexity index is 624. The Labute approximate surface area is 113 Å². The second-order valence-electron chi connectivity index (χ2n) is 4.04. The first kappa shape index (κ1) is 14.0. The maximum absolute atomic E-state index is 12.3. The van der Waals surface area contributed by atoms with Gasteiger partial charge in [-0.25, -0.2) is 0 Å². The van der Waals surface area contributed by atoms with E-state index in [9.17, 15) is 18.0 Å². The highest BCUT2D eigenvalue weighted by atomic mass is 19.4. The number of rotatable bonds is 3. The molecule has 1 aromatic heterocycles. The van der Waals surface area contributed by atoms with E-state index >= 15 is 0 Å². The largest absolute Gasteiger partial charge is 0.573 e. The van der Waals surface area contributed by atoms with Crippen LogP contribution in [0.3, 0.4) is 0 Å². The predicted octanol–water partition coefficient (Wildman–Crippen LogP) is 3.52. The van der Waals surface area contributed by atoms with Crippen molar-refractivity contribution in [1.82, 2.24) is 4.98 Å². The maximum Gasteiger partial charge on any atom is 0.573 e. The summed E-state index contributed by atoms with van der Waals surface area (Å²) in [6, 6.07) is 6.98. The molecule has 104 valence electrons. The average molecular weight is 281 g/mol. The fourth-order valence-electron chi connectivity index (χ4n) is 1.75. The lowest BCUT2D eigenvalue weighted by molar-refractivity contribution is -0.274. The van der Waals surface area contributed by atoms with Crippen LogP contribution < -0.4 is 4.74 Å². The van der Waals surface area contributed by atoms with Gasteiger partial charge in [-0.3, -0.25) is 9.78 Å². The van der Waals surface area contributed by atoms with Gasteiger partial charge in [-0.05, 0) is 25.1 Å². The molecule has 0 radical (unpaired) electrons. The summed E-state index contributed by atoms with van der Waals surface area (Å²) in [5.74, 6) is -0.755. The summed E-state index contributed by atoms with van der Waals surface area (Å²) < 4.78 is 40.7. The number of hydrogen-bond donors (Lipinski definition) is 0. The van der Waals surface area contributed by atoms with E-state index in [2.05, 4.69) is 9.72 Å². The molecule has 0 bridgehead atoms. The van der Waals surface area contributed by atoms with Gasteiger partial charge in [0.15, 0.2) is 5.78 Å². The topological polar surface area (TPSA) is 39.2 Å². The van der Waals surface area contributed by atoms with Crippen molar-refractivity contribution in [3.63, 3.8) is 0 Å². The van der Waals surface area contributed by atoms with Crippen LogP contribution in [-0.2, 0) is 0 Å². The summed E-state index contributed by atoms with van der Waals surface area (Å²) in [4.78, 5) is 16.0. The first-order valence-electron chi connectivity index (χ1n) is 5.68. The van der Waals surface area contributed by atoms with Crippen LogP contribution in [0.25, 0.3) is 0 Å². The van der Waals surface area contributed by atoms with E-state index in [4.69, 9.17) is 0 Å². The van der Waals surface area contributed by atoms with Gasteiger partial charge in [0.1, 0.15) is 5.75 Å². The van der Waals surface area contributed by atoms with Crippen molar-refractivity contribution in [2.24, 2.45) is 0 Å². The molecular weight excluding hydrogens is 271 g/mol. The Hall–Kier alpha value is -2.37. The second kappa shape index (κ2) is 5.32. The van der Waals surface area contributed by atoms with Crippen molar-refractivity contribution in [1.29, 1.82) is 0 Å². The summed E-state index contributed by atoms with van der Waals surface area (Å²) in [7, 11) is 0. The summed E-state index contributed by atoms with van der Waals surface area (Å²) in [6.45, 7) is 1.41. The first-order chi connectivity index (χ1) is 9.38. The summed E-state index contributed by atoms with van der Waals surface area (Å²) in [6.07, 6.45) is -1.90. The molecule has 0 aliphatic rings. The Morgan fingerprint density at radius 3 is 2.40 bits per heavy atom. The lowest BCUT2D eigenvalue weighted by Crippen LogP contribution is -2.18. The van der Waals surface area contributed by atoms with Crippen molar-refractivity contribution >= 4 is 5.78 Å². The maximum atomic E-state index is 12.3. The monoisotopic (exact) mass is 281 g/mol. The molecule has 0 aliphatic carbocycles. The van der Waals surface area contributed by atoms with Crippen LogP contribution in [0, 0.1) is 6.92 Å². The number of aromatic nitrogens is 1. The van der Waals surface area contributed by atoms with E-state index < -0.39 is 6.36 Å². The van der Waals surface area contributed by atoms with Crippen LogP contribution in [-0.4, -0.2) is 17.1 Å². The average Bonchev–Trinajstić information content (AvgIpc) is 2.40. The van der Waals surface area contributed by atoms with Gasteiger partial charge in [0.05, 0.1) is 0 Å². The number of alkyl halides is 3. The standard InChI is InChI=1S/C14H10F3NO2/c1-9-11(13(19)10-5-7-18-8-6-10)3-2-4-12(9)20-14(15,16)17/h2-8H,1H3. The molecule has 0 N–H and O–H groups in total. The molecule has 0 spiro atoms. The van der Waals surface area contributed by atoms with Gasteiger partial charge < -0.3 is 4.74 Å². The van der Waals surface area contributed by atoms with E-state index in [1.54, 1.807) is 0 Å². The number of ketones is 1. The molecule has 3 nitrogen and oxygen atoms in total. The minimum atomic E-state index is -4.79. The van der Waals surface area contributed by atoms with Gasteiger partial charge in [0.2, 0.25) is 0 Å². The fraction of sp³-hybridized carbons (Fsp3) is 0.143. The van der Waals surface area contributed by atoms with E-state index in [1.807, 2.05) is 0 Å². The number of pyridine rings is 1. The van der Waals surface area contributed by atoms with Crippen molar-refractivity contribution in [2.45, 2.75) is 13.3 Å². The molecule has 0 saturated carbocycles. The lowest BCUT2D eigenvalue weighted by atomic mass is 9.99.